The smallest absolute Gasteiger partial charge is 0.335 e. The van der Waals surface area contributed by atoms with E-state index in [4.69, 9.17) is 10.5 Å². The molecule has 6 heteroatoms. The summed E-state index contributed by atoms with van der Waals surface area (Å²) in [5.41, 5.74) is 8.34. The number of carbonyl (C=O) groups is 2. The van der Waals surface area contributed by atoms with Gasteiger partial charge in [-0.15, -0.1) is 0 Å². The maximum absolute atomic E-state index is 12.6. The monoisotopic (exact) mass is 402 g/mol. The Bertz CT molecular complexity index is 724. The maximum Gasteiger partial charge on any atom is 0.335 e. The molecule has 0 aromatic heterocycles. The Balaban J connectivity index is 1.41. The van der Waals surface area contributed by atoms with Crippen molar-refractivity contribution in [3.8, 4) is 0 Å². The Hall–Kier alpha value is -1.92. The Morgan fingerprint density at radius 1 is 1.21 bits per heavy atom. The van der Waals surface area contributed by atoms with Crippen molar-refractivity contribution in [2.75, 3.05) is 13.7 Å². The molecule has 0 heterocycles. The van der Waals surface area contributed by atoms with Crippen molar-refractivity contribution in [2.24, 2.45) is 17.6 Å². The third-order valence-electron chi connectivity index (χ3n) is 6.94. The van der Waals surface area contributed by atoms with Crippen LogP contribution in [-0.4, -0.2) is 47.6 Å². The van der Waals surface area contributed by atoms with Crippen LogP contribution in [0.25, 0.3) is 0 Å². The number of nitrogens with two attached hydrogens (primary N) is 1. The minimum atomic E-state index is -0.906. The Kier molecular flexibility index (Phi) is 7.30. The SMILES string of the molecule is Cc1c(COCC2CCC([C@H](N)C(=O)N(C)C3CCC3)CC2)cccc1C(=O)O. The Labute approximate surface area is 173 Å². The van der Waals surface area contributed by atoms with E-state index in [-0.39, 0.29) is 17.9 Å². The average Bonchev–Trinajstić information content (AvgIpc) is 2.67. The fourth-order valence-electron chi connectivity index (χ4n) is 4.51. The molecular weight excluding hydrogens is 368 g/mol. The normalized spacial score (nSPS) is 23.3. The van der Waals surface area contributed by atoms with Crippen molar-refractivity contribution in [3.63, 3.8) is 0 Å². The highest BCUT2D eigenvalue weighted by Gasteiger charge is 2.34. The number of carbonyl (C=O) groups excluding carboxylic acids is 1. The number of aromatic carboxylic acids is 1. The molecular formula is C23H34N2O4. The second-order valence-corrected chi connectivity index (χ2v) is 8.75. The minimum Gasteiger partial charge on any atom is -0.478 e. The standard InChI is InChI=1S/C23H34N2O4/c1-15-18(5-3-8-20(15)23(27)28)14-29-13-16-9-11-17(12-10-16)21(24)22(26)25(2)19-6-4-7-19/h3,5,8,16-17,19,21H,4,6-7,9-14,24H2,1-2H3,(H,27,28)/t16?,17?,21-/m0/s1. The lowest BCUT2D eigenvalue weighted by molar-refractivity contribution is -0.136. The summed E-state index contributed by atoms with van der Waals surface area (Å²) in [5, 5.41) is 9.23. The molecule has 1 atom stereocenters. The highest BCUT2D eigenvalue weighted by molar-refractivity contribution is 5.89. The predicted molar refractivity (Wildman–Crippen MR) is 112 cm³/mol. The summed E-state index contributed by atoms with van der Waals surface area (Å²) >= 11 is 0. The largest absolute Gasteiger partial charge is 0.478 e. The van der Waals surface area contributed by atoms with Crippen LogP contribution in [0.3, 0.4) is 0 Å². The molecule has 0 spiro atoms. The van der Waals surface area contributed by atoms with Crippen molar-refractivity contribution in [3.05, 3.63) is 34.9 Å². The predicted octanol–water partition coefficient (Wildman–Crippen LogP) is 3.35. The molecule has 160 valence electrons. The molecule has 0 saturated heterocycles. The number of carboxylic acid groups (broad SMARTS) is 1. The number of nitrogens with zero attached hydrogens (tertiary/aromatic N) is 1. The van der Waals surface area contributed by atoms with Gasteiger partial charge in [0.2, 0.25) is 5.91 Å². The first-order valence-electron chi connectivity index (χ1n) is 10.8. The van der Waals surface area contributed by atoms with E-state index >= 15 is 0 Å². The minimum absolute atomic E-state index is 0.100. The van der Waals surface area contributed by atoms with Crippen LogP contribution in [0.15, 0.2) is 18.2 Å². The first kappa shape index (κ1) is 21.8. The third-order valence-corrected chi connectivity index (χ3v) is 6.94. The van der Waals surface area contributed by atoms with Crippen molar-refractivity contribution >= 4 is 11.9 Å². The zero-order valence-electron chi connectivity index (χ0n) is 17.6. The number of hydrogen-bond donors (Lipinski definition) is 2. The average molecular weight is 403 g/mol. The van der Waals surface area contributed by atoms with Crippen LogP contribution in [0.1, 0.15) is 66.4 Å². The molecule has 1 aromatic carbocycles. The van der Waals surface area contributed by atoms with Gasteiger partial charge in [-0.05, 0) is 80.9 Å². The highest BCUT2D eigenvalue weighted by Crippen LogP contribution is 2.32. The molecule has 0 unspecified atom stereocenters. The number of likely N-dealkylation sites (N-methyl/N-ethyl adjacent to an activating group) is 1. The van der Waals surface area contributed by atoms with Crippen LogP contribution >= 0.6 is 0 Å². The van der Waals surface area contributed by atoms with Crippen LogP contribution in [-0.2, 0) is 16.1 Å². The Morgan fingerprint density at radius 2 is 1.90 bits per heavy atom. The van der Waals surface area contributed by atoms with Gasteiger partial charge in [0.1, 0.15) is 0 Å². The Morgan fingerprint density at radius 3 is 2.48 bits per heavy atom. The van der Waals surface area contributed by atoms with Crippen molar-refractivity contribution in [2.45, 2.75) is 70.6 Å². The number of ether oxygens (including phenoxy) is 1. The molecule has 29 heavy (non-hydrogen) atoms. The summed E-state index contributed by atoms with van der Waals surface area (Å²) < 4.78 is 5.91. The molecule has 6 nitrogen and oxygen atoms in total. The van der Waals surface area contributed by atoms with Gasteiger partial charge in [-0.3, -0.25) is 4.79 Å². The van der Waals surface area contributed by atoms with Gasteiger partial charge in [0.25, 0.3) is 0 Å². The van der Waals surface area contributed by atoms with Gasteiger partial charge in [0.15, 0.2) is 0 Å². The van der Waals surface area contributed by atoms with Gasteiger partial charge in [-0.2, -0.15) is 0 Å². The molecule has 1 amide bonds. The van der Waals surface area contributed by atoms with Gasteiger partial charge in [-0.25, -0.2) is 4.79 Å². The lowest BCUT2D eigenvalue weighted by Gasteiger charge is -2.38. The number of benzene rings is 1. The van der Waals surface area contributed by atoms with Gasteiger partial charge in [0.05, 0.1) is 18.2 Å². The van der Waals surface area contributed by atoms with Gasteiger partial charge < -0.3 is 20.5 Å². The van der Waals surface area contributed by atoms with Crippen LogP contribution in [0.5, 0.6) is 0 Å². The summed E-state index contributed by atoms with van der Waals surface area (Å²) in [6, 6.07) is 5.31. The van der Waals surface area contributed by atoms with E-state index in [0.29, 0.717) is 30.7 Å². The van der Waals surface area contributed by atoms with E-state index in [9.17, 15) is 14.7 Å². The summed E-state index contributed by atoms with van der Waals surface area (Å²) in [7, 11) is 1.90. The zero-order valence-corrected chi connectivity index (χ0v) is 17.6. The van der Waals surface area contributed by atoms with Gasteiger partial charge >= 0.3 is 5.97 Å². The van der Waals surface area contributed by atoms with E-state index in [1.54, 1.807) is 12.1 Å². The summed E-state index contributed by atoms with van der Waals surface area (Å²) in [4.78, 5) is 25.8. The molecule has 0 bridgehead atoms. The van der Waals surface area contributed by atoms with Crippen LogP contribution in [0, 0.1) is 18.8 Å². The molecule has 2 aliphatic carbocycles. The molecule has 2 saturated carbocycles. The maximum atomic E-state index is 12.6. The molecule has 2 fully saturated rings. The van der Waals surface area contributed by atoms with E-state index in [1.807, 2.05) is 24.9 Å². The molecule has 3 N–H and O–H groups in total. The molecule has 0 aliphatic heterocycles. The van der Waals surface area contributed by atoms with Crippen molar-refractivity contribution < 1.29 is 19.4 Å². The molecule has 2 aliphatic rings. The van der Waals surface area contributed by atoms with Gasteiger partial charge in [0, 0.05) is 19.7 Å². The summed E-state index contributed by atoms with van der Waals surface area (Å²) in [6.45, 7) is 2.91. The van der Waals surface area contributed by atoms with E-state index < -0.39 is 5.97 Å². The van der Waals surface area contributed by atoms with E-state index in [0.717, 1.165) is 49.7 Å². The van der Waals surface area contributed by atoms with Crippen LogP contribution < -0.4 is 5.73 Å². The summed E-state index contributed by atoms with van der Waals surface area (Å²) in [5.74, 6) is -0.0728. The third kappa shape index (κ3) is 5.17. The van der Waals surface area contributed by atoms with Crippen molar-refractivity contribution in [1.82, 2.24) is 4.90 Å². The van der Waals surface area contributed by atoms with E-state index in [1.165, 1.54) is 6.42 Å². The number of carboxylic acids is 1. The lowest BCUT2D eigenvalue weighted by atomic mass is 9.78. The van der Waals surface area contributed by atoms with Crippen LogP contribution in [0.2, 0.25) is 0 Å². The first-order chi connectivity index (χ1) is 13.9. The highest BCUT2D eigenvalue weighted by atomic mass is 16.5. The van der Waals surface area contributed by atoms with Crippen molar-refractivity contribution in [1.29, 1.82) is 0 Å². The zero-order chi connectivity index (χ0) is 21.0. The molecule has 0 radical (unpaired) electrons. The van der Waals surface area contributed by atoms with E-state index in [2.05, 4.69) is 0 Å². The van der Waals surface area contributed by atoms with Gasteiger partial charge in [-0.1, -0.05) is 12.1 Å². The summed E-state index contributed by atoms with van der Waals surface area (Å²) in [6.07, 6.45) is 7.39. The number of rotatable bonds is 8. The fraction of sp³-hybridized carbons (Fsp3) is 0.652. The number of hydrogen-bond acceptors (Lipinski definition) is 4. The molecule has 1 aromatic rings. The lowest BCUT2D eigenvalue weighted by Crippen LogP contribution is -2.52. The number of amides is 1. The van der Waals surface area contributed by atoms with Crippen LogP contribution in [0.4, 0.5) is 0 Å². The fourth-order valence-corrected chi connectivity index (χ4v) is 4.51. The molecule has 3 rings (SSSR count). The second-order valence-electron chi connectivity index (χ2n) is 8.75. The first-order valence-corrected chi connectivity index (χ1v) is 10.8. The second kappa shape index (κ2) is 9.72. The quantitative estimate of drug-likeness (QED) is 0.696. The topological polar surface area (TPSA) is 92.9 Å².